The van der Waals surface area contributed by atoms with Crippen LogP contribution in [0, 0.1) is 5.82 Å². The molecule has 8 nitrogen and oxygen atoms in total. The number of amides is 1. The molecular weight excluding hydrogens is 594 g/mol. The Morgan fingerprint density at radius 1 is 0.857 bits per heavy atom. The van der Waals surface area contributed by atoms with Gasteiger partial charge in [-0.3, -0.25) is 4.98 Å². The Labute approximate surface area is 228 Å². The lowest BCUT2D eigenvalue weighted by Gasteiger charge is -2.20. The highest BCUT2D eigenvalue weighted by molar-refractivity contribution is 5.86. The summed E-state index contributed by atoms with van der Waals surface area (Å²) in [6, 6.07) is 2.30. The lowest BCUT2D eigenvalue weighted by Crippen LogP contribution is -2.32. The van der Waals surface area contributed by atoms with E-state index in [2.05, 4.69) is 19.9 Å². The third-order valence-electron chi connectivity index (χ3n) is 5.23. The van der Waals surface area contributed by atoms with Crippen LogP contribution in [-0.4, -0.2) is 36.3 Å². The largest absolute Gasteiger partial charge is 0.443 e. The number of rotatable bonds is 3. The summed E-state index contributed by atoms with van der Waals surface area (Å²) in [5.74, 6) is -3.21. The Morgan fingerprint density at radius 2 is 1.52 bits per heavy atom. The molecule has 0 radical (unpaired) electrons. The van der Waals surface area contributed by atoms with Crippen molar-refractivity contribution in [2.24, 2.45) is 0 Å². The van der Waals surface area contributed by atoms with Crippen molar-refractivity contribution in [3.63, 3.8) is 0 Å². The molecule has 18 heteroatoms. The number of alkyl halides is 9. The lowest BCUT2D eigenvalue weighted by atomic mass is 10.1. The van der Waals surface area contributed by atoms with Gasteiger partial charge < -0.3 is 4.74 Å². The number of ether oxygens (including phenoxy) is 1. The van der Waals surface area contributed by atoms with Crippen molar-refractivity contribution in [1.82, 2.24) is 24.6 Å². The molecule has 0 saturated heterocycles. The first kappa shape index (κ1) is 30.4. The molecular formula is C24H16F10N6O2. The van der Waals surface area contributed by atoms with E-state index in [0.29, 0.717) is 29.1 Å². The topological polar surface area (TPSA) is 94.8 Å². The quantitative estimate of drug-likeness (QED) is 0.246. The molecule has 1 N–H and O–H groups in total. The number of pyridine rings is 1. The molecule has 4 rings (SSSR count). The minimum absolute atomic E-state index is 0.0716. The molecule has 4 aromatic rings. The number of hydrogen-bond acceptors (Lipinski definition) is 6. The van der Waals surface area contributed by atoms with E-state index in [9.17, 15) is 48.7 Å². The second-order valence-electron chi connectivity index (χ2n) is 9.57. The summed E-state index contributed by atoms with van der Waals surface area (Å²) in [5.41, 5.74) is -6.75. The summed E-state index contributed by atoms with van der Waals surface area (Å²) in [4.78, 5) is 26.7. The third-order valence-corrected chi connectivity index (χ3v) is 5.23. The van der Waals surface area contributed by atoms with Gasteiger partial charge >= 0.3 is 24.6 Å². The number of halogens is 10. The maximum atomic E-state index is 14.9. The number of carbonyl (C=O) groups is 1. The zero-order valence-electron chi connectivity index (χ0n) is 21.3. The molecule has 0 atom stereocenters. The zero-order chi connectivity index (χ0) is 31.4. The molecule has 0 aliphatic rings. The van der Waals surface area contributed by atoms with Gasteiger partial charge in [0.05, 0.1) is 11.1 Å². The molecule has 224 valence electrons. The predicted molar refractivity (Wildman–Crippen MR) is 125 cm³/mol. The van der Waals surface area contributed by atoms with Crippen molar-refractivity contribution < 1.29 is 53.4 Å². The van der Waals surface area contributed by atoms with E-state index in [0.717, 1.165) is 6.07 Å². The van der Waals surface area contributed by atoms with Crippen LogP contribution in [0.5, 0.6) is 0 Å². The summed E-state index contributed by atoms with van der Waals surface area (Å²) in [5, 5.41) is 0. The van der Waals surface area contributed by atoms with Crippen molar-refractivity contribution in [2.45, 2.75) is 44.9 Å². The van der Waals surface area contributed by atoms with Crippen LogP contribution < -0.4 is 5.43 Å². The predicted octanol–water partition coefficient (Wildman–Crippen LogP) is 7.23. The first-order valence-corrected chi connectivity index (χ1v) is 11.4. The summed E-state index contributed by atoms with van der Waals surface area (Å²) in [6.45, 7) is 4.32. The fourth-order valence-electron chi connectivity index (χ4n) is 3.53. The van der Waals surface area contributed by atoms with Gasteiger partial charge in [-0.25, -0.2) is 34.2 Å². The standard InChI is InChI=1S/C24H16F10N6O2/c1-21(2,3)42-20(41)39-40-18(12-6-5-11(8-13(12)25)22(26,27)28)36-15-16(24(32,33)34)37-17(38-19(15)40)10-4-7-14(35-9-10)23(29,30)31/h4-9H,1-3H3,(H,39,41). The molecule has 1 amide bonds. The molecule has 0 fully saturated rings. The van der Waals surface area contributed by atoms with Crippen LogP contribution in [0.15, 0.2) is 36.5 Å². The summed E-state index contributed by atoms with van der Waals surface area (Å²) >= 11 is 0. The summed E-state index contributed by atoms with van der Waals surface area (Å²) in [6.07, 6.45) is -15.9. The minimum atomic E-state index is -5.28. The SMILES string of the molecule is CC(C)(C)OC(=O)Nn1c(-c2ccc(C(F)(F)F)cc2F)nc2c(C(F)(F)F)nc(-c3ccc(C(F)(F)F)nc3)nc21. The maximum Gasteiger partial charge on any atom is 0.435 e. The lowest BCUT2D eigenvalue weighted by molar-refractivity contribution is -0.141. The van der Waals surface area contributed by atoms with Gasteiger partial charge in [0.2, 0.25) is 0 Å². The van der Waals surface area contributed by atoms with Crippen molar-refractivity contribution >= 4 is 17.3 Å². The second-order valence-corrected chi connectivity index (χ2v) is 9.57. The van der Waals surface area contributed by atoms with Gasteiger partial charge in [-0.1, -0.05) is 0 Å². The monoisotopic (exact) mass is 610 g/mol. The van der Waals surface area contributed by atoms with Gasteiger partial charge in [0.1, 0.15) is 22.6 Å². The van der Waals surface area contributed by atoms with Gasteiger partial charge in [0.15, 0.2) is 23.0 Å². The highest BCUT2D eigenvalue weighted by Crippen LogP contribution is 2.38. The Bertz CT molecular complexity index is 1650. The van der Waals surface area contributed by atoms with E-state index < -0.39 is 86.9 Å². The van der Waals surface area contributed by atoms with Crippen LogP contribution in [0.1, 0.15) is 37.7 Å². The fourth-order valence-corrected chi connectivity index (χ4v) is 3.53. The van der Waals surface area contributed by atoms with E-state index >= 15 is 0 Å². The molecule has 3 aromatic heterocycles. The van der Waals surface area contributed by atoms with E-state index in [-0.39, 0.29) is 6.07 Å². The van der Waals surface area contributed by atoms with Gasteiger partial charge in [-0.15, -0.1) is 0 Å². The van der Waals surface area contributed by atoms with Gasteiger partial charge in [0.25, 0.3) is 0 Å². The number of imidazole rings is 1. The van der Waals surface area contributed by atoms with E-state index in [4.69, 9.17) is 4.74 Å². The average molecular weight is 610 g/mol. The highest BCUT2D eigenvalue weighted by Gasteiger charge is 2.39. The maximum absolute atomic E-state index is 14.9. The van der Waals surface area contributed by atoms with Crippen molar-refractivity contribution in [2.75, 3.05) is 5.43 Å². The van der Waals surface area contributed by atoms with E-state index in [1.54, 1.807) is 0 Å². The number of nitrogens with zero attached hydrogens (tertiary/aromatic N) is 5. The van der Waals surface area contributed by atoms with Crippen molar-refractivity contribution in [3.05, 3.63) is 59.3 Å². The van der Waals surface area contributed by atoms with Crippen LogP contribution in [0.4, 0.5) is 48.7 Å². The molecule has 42 heavy (non-hydrogen) atoms. The summed E-state index contributed by atoms with van der Waals surface area (Å²) < 4.78 is 141. The van der Waals surface area contributed by atoms with Crippen molar-refractivity contribution in [3.8, 4) is 22.8 Å². The third kappa shape index (κ3) is 6.36. The summed E-state index contributed by atoms with van der Waals surface area (Å²) in [7, 11) is 0. The Balaban J connectivity index is 2.01. The van der Waals surface area contributed by atoms with Crippen LogP contribution >= 0.6 is 0 Å². The smallest absolute Gasteiger partial charge is 0.435 e. The normalized spacial score (nSPS) is 13.0. The van der Waals surface area contributed by atoms with Crippen LogP contribution in [0.25, 0.3) is 33.9 Å². The van der Waals surface area contributed by atoms with Gasteiger partial charge in [-0.2, -0.15) is 39.5 Å². The number of carbonyl (C=O) groups excluding carboxylic acids is 1. The first-order valence-electron chi connectivity index (χ1n) is 11.4. The molecule has 0 aliphatic carbocycles. The van der Waals surface area contributed by atoms with Crippen LogP contribution in [-0.2, 0) is 23.3 Å². The first-order chi connectivity index (χ1) is 19.1. The number of aromatic nitrogens is 5. The highest BCUT2D eigenvalue weighted by atomic mass is 19.4. The van der Waals surface area contributed by atoms with E-state index in [1.165, 1.54) is 20.8 Å². The molecule has 0 bridgehead atoms. The Morgan fingerprint density at radius 3 is 2.02 bits per heavy atom. The molecule has 0 saturated carbocycles. The van der Waals surface area contributed by atoms with Crippen molar-refractivity contribution in [1.29, 1.82) is 0 Å². The number of fused-ring (bicyclic) bond motifs is 1. The average Bonchev–Trinajstić information content (AvgIpc) is 3.18. The molecule has 1 aromatic carbocycles. The Kier molecular flexibility index (Phi) is 7.32. The van der Waals surface area contributed by atoms with Crippen LogP contribution in [0.2, 0.25) is 0 Å². The fraction of sp³-hybridized carbons (Fsp3) is 0.292. The Hall–Kier alpha value is -4.51. The molecule has 0 spiro atoms. The minimum Gasteiger partial charge on any atom is -0.443 e. The van der Waals surface area contributed by atoms with Gasteiger partial charge in [-0.05, 0) is 51.1 Å². The number of benzene rings is 1. The number of nitrogens with one attached hydrogen (secondary N) is 1. The van der Waals surface area contributed by atoms with Gasteiger partial charge in [0, 0.05) is 11.8 Å². The molecule has 3 heterocycles. The van der Waals surface area contributed by atoms with Crippen LogP contribution in [0.3, 0.4) is 0 Å². The van der Waals surface area contributed by atoms with E-state index in [1.807, 2.05) is 5.43 Å². The second kappa shape index (κ2) is 10.1. The molecule has 0 unspecified atom stereocenters. The zero-order valence-corrected chi connectivity index (χ0v) is 21.3. The number of hydrogen-bond donors (Lipinski definition) is 1. The molecule has 0 aliphatic heterocycles.